The van der Waals surface area contributed by atoms with Crippen molar-refractivity contribution in [3.8, 4) is 0 Å². The molecule has 1 heterocycles. The fourth-order valence-corrected chi connectivity index (χ4v) is 1.47. The fraction of sp³-hybridized carbons (Fsp3) is 0.0769. The van der Waals surface area contributed by atoms with E-state index in [1.54, 1.807) is 6.92 Å². The van der Waals surface area contributed by atoms with E-state index in [-0.39, 0.29) is 5.56 Å². The molecule has 0 saturated carbocycles. The number of hydrazone groups is 1. The smallest absolute Gasteiger partial charge is 0.274 e. The first-order valence-corrected chi connectivity index (χ1v) is 5.41. The summed E-state index contributed by atoms with van der Waals surface area (Å²) < 4.78 is 31.5. The van der Waals surface area contributed by atoms with Crippen LogP contribution in [0.5, 0.6) is 0 Å². The molecule has 1 amide bonds. The van der Waals surface area contributed by atoms with Crippen LogP contribution in [-0.2, 0) is 0 Å². The highest BCUT2D eigenvalue weighted by Gasteiger charge is 2.10. The molecule has 6 heteroatoms. The number of hydrogen-bond acceptors (Lipinski definition) is 3. The summed E-state index contributed by atoms with van der Waals surface area (Å²) in [4.78, 5) is 11.6. The second-order valence-electron chi connectivity index (χ2n) is 3.72. The van der Waals surface area contributed by atoms with Crippen LogP contribution in [0.15, 0.2) is 40.0 Å². The van der Waals surface area contributed by atoms with Gasteiger partial charge >= 0.3 is 0 Å². The molecule has 0 radical (unpaired) electrons. The molecular weight excluding hydrogens is 254 g/mol. The number of amides is 1. The molecule has 0 spiro atoms. The molecule has 0 aliphatic carbocycles. The van der Waals surface area contributed by atoms with E-state index in [1.165, 1.54) is 18.4 Å². The first kappa shape index (κ1) is 12.9. The van der Waals surface area contributed by atoms with Crippen molar-refractivity contribution >= 4 is 12.1 Å². The molecule has 0 atom stereocenters. The normalized spacial score (nSPS) is 10.9. The maximum atomic E-state index is 13.3. The number of rotatable bonds is 3. The lowest BCUT2D eigenvalue weighted by atomic mass is 10.2. The number of hydrogen-bond donors (Lipinski definition) is 1. The largest absolute Gasteiger partial charge is 0.469 e. The van der Waals surface area contributed by atoms with Gasteiger partial charge in [-0.3, -0.25) is 4.79 Å². The van der Waals surface area contributed by atoms with E-state index in [0.717, 1.165) is 18.3 Å². The third kappa shape index (κ3) is 2.85. The Kier molecular flexibility index (Phi) is 3.70. The van der Waals surface area contributed by atoms with E-state index < -0.39 is 17.5 Å². The summed E-state index contributed by atoms with van der Waals surface area (Å²) in [7, 11) is 0. The van der Waals surface area contributed by atoms with Crippen LogP contribution in [0.4, 0.5) is 8.78 Å². The van der Waals surface area contributed by atoms with Crippen LogP contribution in [0, 0.1) is 18.6 Å². The van der Waals surface area contributed by atoms with Crippen LogP contribution < -0.4 is 5.43 Å². The Hall–Kier alpha value is -2.50. The summed E-state index contributed by atoms with van der Waals surface area (Å²) in [5, 5.41) is 3.51. The van der Waals surface area contributed by atoms with E-state index in [2.05, 4.69) is 10.5 Å². The third-order valence-corrected chi connectivity index (χ3v) is 2.46. The minimum absolute atomic E-state index is 0.311. The Labute approximate surface area is 107 Å². The molecule has 0 fully saturated rings. The predicted molar refractivity (Wildman–Crippen MR) is 64.9 cm³/mol. The van der Waals surface area contributed by atoms with E-state index in [1.807, 2.05) is 0 Å². The number of carbonyl (C=O) groups excluding carboxylic acids is 1. The van der Waals surface area contributed by atoms with E-state index in [9.17, 15) is 13.6 Å². The SMILES string of the molecule is Cc1occc1C(=O)N/N=C/c1c(F)cccc1F. The van der Waals surface area contributed by atoms with Crippen LogP contribution in [0.25, 0.3) is 0 Å². The van der Waals surface area contributed by atoms with E-state index in [4.69, 9.17) is 4.42 Å². The Balaban J connectivity index is 2.09. The van der Waals surface area contributed by atoms with Crippen molar-refractivity contribution in [1.29, 1.82) is 0 Å². The van der Waals surface area contributed by atoms with E-state index >= 15 is 0 Å². The van der Waals surface area contributed by atoms with Gasteiger partial charge in [-0.25, -0.2) is 14.2 Å². The molecule has 0 aliphatic heterocycles. The zero-order chi connectivity index (χ0) is 13.8. The summed E-state index contributed by atoms with van der Waals surface area (Å²) >= 11 is 0. The number of nitrogens with one attached hydrogen (secondary N) is 1. The highest BCUT2D eigenvalue weighted by Crippen LogP contribution is 2.10. The van der Waals surface area contributed by atoms with Gasteiger partial charge in [-0.05, 0) is 25.1 Å². The van der Waals surface area contributed by atoms with Crippen molar-refractivity contribution in [3.05, 3.63) is 59.1 Å². The minimum atomic E-state index is -0.752. The Morgan fingerprint density at radius 2 is 2.00 bits per heavy atom. The average molecular weight is 264 g/mol. The molecule has 1 aromatic carbocycles. The molecule has 0 unspecified atom stereocenters. The summed E-state index contributed by atoms with van der Waals surface area (Å²) in [6.45, 7) is 1.62. The van der Waals surface area contributed by atoms with Crippen LogP contribution >= 0.6 is 0 Å². The topological polar surface area (TPSA) is 54.6 Å². The van der Waals surface area contributed by atoms with Crippen LogP contribution in [0.3, 0.4) is 0 Å². The summed E-state index contributed by atoms with van der Waals surface area (Å²) in [5.41, 5.74) is 2.16. The van der Waals surface area contributed by atoms with Crippen molar-refractivity contribution in [2.75, 3.05) is 0 Å². The molecule has 2 rings (SSSR count). The number of furan rings is 1. The molecule has 2 aromatic rings. The molecule has 0 aliphatic rings. The zero-order valence-electron chi connectivity index (χ0n) is 9.98. The van der Waals surface area contributed by atoms with Crippen molar-refractivity contribution < 1.29 is 18.0 Å². The molecule has 0 saturated heterocycles. The molecular formula is C13H10F2N2O2. The fourth-order valence-electron chi connectivity index (χ4n) is 1.47. The van der Waals surface area contributed by atoms with Gasteiger partial charge in [0.2, 0.25) is 0 Å². The summed E-state index contributed by atoms with van der Waals surface area (Å²) in [6, 6.07) is 4.93. The van der Waals surface area contributed by atoms with E-state index in [0.29, 0.717) is 11.3 Å². The van der Waals surface area contributed by atoms with Crippen LogP contribution in [0.2, 0.25) is 0 Å². The Morgan fingerprint density at radius 3 is 2.58 bits per heavy atom. The lowest BCUT2D eigenvalue weighted by Crippen LogP contribution is -2.18. The number of aryl methyl sites for hydroxylation is 1. The molecule has 1 aromatic heterocycles. The first-order chi connectivity index (χ1) is 9.09. The van der Waals surface area contributed by atoms with Gasteiger partial charge in [0.15, 0.2) is 0 Å². The highest BCUT2D eigenvalue weighted by molar-refractivity contribution is 5.95. The number of nitrogens with zero attached hydrogens (tertiary/aromatic N) is 1. The maximum absolute atomic E-state index is 13.3. The average Bonchev–Trinajstić information content (AvgIpc) is 2.79. The standard InChI is InChI=1S/C13H10F2N2O2/c1-8-9(5-6-19-8)13(18)17-16-7-10-11(14)3-2-4-12(10)15/h2-7H,1H3,(H,17,18)/b16-7+. The minimum Gasteiger partial charge on any atom is -0.469 e. The van der Waals surface area contributed by atoms with Gasteiger partial charge in [0.25, 0.3) is 5.91 Å². The van der Waals surface area contributed by atoms with Crippen molar-refractivity contribution in [1.82, 2.24) is 5.43 Å². The van der Waals surface area contributed by atoms with Gasteiger partial charge in [0.1, 0.15) is 17.4 Å². The lowest BCUT2D eigenvalue weighted by molar-refractivity contribution is 0.0953. The van der Waals surface area contributed by atoms with Gasteiger partial charge < -0.3 is 4.42 Å². The third-order valence-electron chi connectivity index (χ3n) is 2.46. The molecule has 98 valence electrons. The monoisotopic (exact) mass is 264 g/mol. The molecule has 19 heavy (non-hydrogen) atoms. The molecule has 1 N–H and O–H groups in total. The number of halogens is 2. The van der Waals surface area contributed by atoms with Crippen molar-refractivity contribution in [3.63, 3.8) is 0 Å². The van der Waals surface area contributed by atoms with Gasteiger partial charge in [-0.1, -0.05) is 6.07 Å². The van der Waals surface area contributed by atoms with Gasteiger partial charge in [0.05, 0.1) is 23.6 Å². The maximum Gasteiger partial charge on any atom is 0.274 e. The molecule has 4 nitrogen and oxygen atoms in total. The predicted octanol–water partition coefficient (Wildman–Crippen LogP) is 2.63. The van der Waals surface area contributed by atoms with Crippen LogP contribution in [0.1, 0.15) is 21.7 Å². The first-order valence-electron chi connectivity index (χ1n) is 5.41. The number of benzene rings is 1. The number of carbonyl (C=O) groups is 1. The van der Waals surface area contributed by atoms with Crippen LogP contribution in [-0.4, -0.2) is 12.1 Å². The highest BCUT2D eigenvalue weighted by atomic mass is 19.1. The van der Waals surface area contributed by atoms with Crippen molar-refractivity contribution in [2.45, 2.75) is 6.92 Å². The summed E-state index contributed by atoms with van der Waals surface area (Å²) in [5.74, 6) is -1.58. The zero-order valence-corrected chi connectivity index (χ0v) is 9.98. The Morgan fingerprint density at radius 1 is 1.32 bits per heavy atom. The second kappa shape index (κ2) is 5.43. The van der Waals surface area contributed by atoms with Gasteiger partial charge in [-0.2, -0.15) is 5.10 Å². The molecule has 0 bridgehead atoms. The van der Waals surface area contributed by atoms with Crippen molar-refractivity contribution in [2.24, 2.45) is 5.10 Å². The lowest BCUT2D eigenvalue weighted by Gasteiger charge is -1.99. The van der Waals surface area contributed by atoms with Gasteiger partial charge in [0, 0.05) is 0 Å². The van der Waals surface area contributed by atoms with Gasteiger partial charge in [-0.15, -0.1) is 0 Å². The second-order valence-corrected chi connectivity index (χ2v) is 3.72. The quantitative estimate of drug-likeness (QED) is 0.684. The summed E-state index contributed by atoms with van der Waals surface area (Å²) in [6.07, 6.45) is 2.28. The Bertz CT molecular complexity index is 615.